The zero-order valence-electron chi connectivity index (χ0n) is 12.4. The minimum absolute atomic E-state index is 0.309. The molecule has 2 aromatic rings. The van der Waals surface area contributed by atoms with Crippen molar-refractivity contribution in [1.82, 2.24) is 0 Å². The summed E-state index contributed by atoms with van der Waals surface area (Å²) in [7, 11) is 3.18. The monoisotopic (exact) mass is 366 g/mol. The van der Waals surface area contributed by atoms with Crippen LogP contribution in [0.5, 0.6) is 11.5 Å². The molecular weight excluding hydrogens is 351 g/mol. The van der Waals surface area contributed by atoms with E-state index in [1.54, 1.807) is 26.4 Å². The average Bonchev–Trinajstić information content (AvgIpc) is 2.54. The summed E-state index contributed by atoms with van der Waals surface area (Å²) in [6, 6.07) is 8.45. The maximum Gasteiger partial charge on any atom is 0.151 e. The van der Waals surface area contributed by atoms with Crippen molar-refractivity contribution in [1.29, 1.82) is 0 Å². The van der Waals surface area contributed by atoms with Crippen molar-refractivity contribution in [3.05, 3.63) is 57.3 Å². The average molecular weight is 367 g/mol. The third-order valence-corrected chi connectivity index (χ3v) is 4.14. The first-order valence-corrected chi connectivity index (χ1v) is 7.52. The van der Waals surface area contributed by atoms with Crippen LogP contribution in [-0.2, 0) is 12.8 Å². The summed E-state index contributed by atoms with van der Waals surface area (Å²) >= 11 is 3.28. The molecule has 0 aliphatic heterocycles. The van der Waals surface area contributed by atoms with Gasteiger partial charge in [0.1, 0.15) is 17.3 Å². The number of halogens is 2. The Bertz CT molecular complexity index is 686. The summed E-state index contributed by atoms with van der Waals surface area (Å²) in [6.45, 7) is 0. The topological polar surface area (TPSA) is 35.5 Å². The largest absolute Gasteiger partial charge is 0.497 e. The van der Waals surface area contributed by atoms with Crippen molar-refractivity contribution < 1.29 is 18.7 Å². The van der Waals surface area contributed by atoms with E-state index in [-0.39, 0.29) is 5.82 Å². The fourth-order valence-corrected chi connectivity index (χ4v) is 2.70. The number of aldehydes is 1. The first kappa shape index (κ1) is 16.5. The molecule has 0 bridgehead atoms. The van der Waals surface area contributed by atoms with E-state index >= 15 is 0 Å². The minimum Gasteiger partial charge on any atom is -0.497 e. The van der Waals surface area contributed by atoms with Gasteiger partial charge in [-0.3, -0.25) is 4.79 Å². The fraction of sp³-hybridized carbons (Fsp3) is 0.235. The molecule has 0 aliphatic rings. The number of carbonyl (C=O) groups is 1. The summed E-state index contributed by atoms with van der Waals surface area (Å²) in [5.41, 5.74) is 1.83. The van der Waals surface area contributed by atoms with Gasteiger partial charge < -0.3 is 9.47 Å². The highest BCUT2D eigenvalue weighted by Gasteiger charge is 2.10. The Hall–Kier alpha value is -1.88. The van der Waals surface area contributed by atoms with E-state index in [1.165, 1.54) is 6.07 Å². The van der Waals surface area contributed by atoms with E-state index in [1.807, 2.05) is 12.1 Å². The predicted octanol–water partition coefficient (Wildman–Crippen LogP) is 4.20. The van der Waals surface area contributed by atoms with Gasteiger partial charge in [-0.25, -0.2) is 4.39 Å². The number of carbonyl (C=O) groups excluding carboxylic acids is 1. The van der Waals surface area contributed by atoms with Gasteiger partial charge >= 0.3 is 0 Å². The third kappa shape index (κ3) is 3.65. The Kier molecular flexibility index (Phi) is 5.55. The van der Waals surface area contributed by atoms with Gasteiger partial charge in [0, 0.05) is 16.1 Å². The number of ether oxygens (including phenoxy) is 2. The number of aryl methyl sites for hydroxylation is 2. The van der Waals surface area contributed by atoms with E-state index in [0.29, 0.717) is 46.2 Å². The summed E-state index contributed by atoms with van der Waals surface area (Å²) < 4.78 is 25.1. The number of benzene rings is 2. The summed E-state index contributed by atoms with van der Waals surface area (Å²) in [5, 5.41) is 0. The van der Waals surface area contributed by atoms with Crippen molar-refractivity contribution in [2.45, 2.75) is 12.8 Å². The van der Waals surface area contributed by atoms with Gasteiger partial charge in [0.2, 0.25) is 0 Å². The molecule has 22 heavy (non-hydrogen) atoms. The van der Waals surface area contributed by atoms with Gasteiger partial charge in [-0.05, 0) is 42.2 Å². The molecular formula is C17H16BrFO3. The third-order valence-electron chi connectivity index (χ3n) is 3.45. The van der Waals surface area contributed by atoms with E-state index in [4.69, 9.17) is 9.47 Å². The molecule has 0 fully saturated rings. The number of rotatable bonds is 6. The van der Waals surface area contributed by atoms with E-state index in [0.717, 1.165) is 5.56 Å². The first-order valence-electron chi connectivity index (χ1n) is 6.73. The van der Waals surface area contributed by atoms with E-state index in [2.05, 4.69) is 15.9 Å². The lowest BCUT2D eigenvalue weighted by Crippen LogP contribution is -1.99. The second-order valence-electron chi connectivity index (χ2n) is 4.76. The highest BCUT2D eigenvalue weighted by Crippen LogP contribution is 2.27. The highest BCUT2D eigenvalue weighted by molar-refractivity contribution is 9.10. The minimum atomic E-state index is -0.377. The second-order valence-corrected chi connectivity index (χ2v) is 5.62. The van der Waals surface area contributed by atoms with Gasteiger partial charge in [0.05, 0.1) is 14.2 Å². The normalized spacial score (nSPS) is 10.4. The molecule has 0 radical (unpaired) electrons. The van der Waals surface area contributed by atoms with Crippen LogP contribution in [0.15, 0.2) is 34.8 Å². The van der Waals surface area contributed by atoms with E-state index < -0.39 is 0 Å². The Morgan fingerprint density at radius 3 is 2.45 bits per heavy atom. The van der Waals surface area contributed by atoms with Crippen LogP contribution in [-0.4, -0.2) is 20.5 Å². The molecule has 0 saturated heterocycles. The molecule has 2 aromatic carbocycles. The van der Waals surface area contributed by atoms with Crippen LogP contribution in [0.3, 0.4) is 0 Å². The summed E-state index contributed by atoms with van der Waals surface area (Å²) in [5.74, 6) is 1.05. The maximum absolute atomic E-state index is 14.0. The maximum atomic E-state index is 14.0. The van der Waals surface area contributed by atoms with Crippen molar-refractivity contribution in [2.24, 2.45) is 0 Å². The zero-order valence-corrected chi connectivity index (χ0v) is 13.9. The molecule has 0 heterocycles. The van der Waals surface area contributed by atoms with Crippen LogP contribution in [0, 0.1) is 5.82 Å². The molecule has 0 unspecified atom stereocenters. The SMILES string of the molecule is COc1ccc(CCc2cc(Br)c(C=O)cc2F)c(OC)c1. The van der Waals surface area contributed by atoms with Crippen LogP contribution in [0.25, 0.3) is 0 Å². The quantitative estimate of drug-likeness (QED) is 0.718. The summed E-state index contributed by atoms with van der Waals surface area (Å²) in [4.78, 5) is 10.8. The Balaban J connectivity index is 2.20. The molecule has 5 heteroatoms. The molecule has 0 saturated carbocycles. The fourth-order valence-electron chi connectivity index (χ4n) is 2.21. The second kappa shape index (κ2) is 7.40. The molecule has 0 N–H and O–H groups in total. The predicted molar refractivity (Wildman–Crippen MR) is 86.4 cm³/mol. The lowest BCUT2D eigenvalue weighted by atomic mass is 10.0. The standard InChI is InChI=1S/C17H16BrFO3/c1-21-14-6-5-11(17(9-14)22-2)3-4-12-7-15(18)13(10-20)8-16(12)19/h5-10H,3-4H2,1-2H3. The smallest absolute Gasteiger partial charge is 0.151 e. The van der Waals surface area contributed by atoms with Gasteiger partial charge in [-0.15, -0.1) is 0 Å². The molecule has 116 valence electrons. The molecule has 0 spiro atoms. The molecule has 0 aromatic heterocycles. The van der Waals surface area contributed by atoms with Crippen LogP contribution < -0.4 is 9.47 Å². The lowest BCUT2D eigenvalue weighted by molar-refractivity contribution is 0.112. The van der Waals surface area contributed by atoms with Crippen LogP contribution in [0.4, 0.5) is 4.39 Å². The van der Waals surface area contributed by atoms with Crippen LogP contribution >= 0.6 is 15.9 Å². The Morgan fingerprint density at radius 1 is 1.09 bits per heavy atom. The van der Waals surface area contributed by atoms with Crippen molar-refractivity contribution in [3.63, 3.8) is 0 Å². The van der Waals surface area contributed by atoms with E-state index in [9.17, 15) is 9.18 Å². The highest BCUT2D eigenvalue weighted by atomic mass is 79.9. The van der Waals surface area contributed by atoms with Gasteiger partial charge in [-0.1, -0.05) is 22.0 Å². The van der Waals surface area contributed by atoms with Crippen molar-refractivity contribution >= 4 is 22.2 Å². The van der Waals surface area contributed by atoms with Crippen molar-refractivity contribution in [2.75, 3.05) is 14.2 Å². The summed E-state index contributed by atoms with van der Waals surface area (Å²) in [6.07, 6.45) is 1.76. The number of methoxy groups -OCH3 is 2. The molecule has 2 rings (SSSR count). The Labute approximate surface area is 137 Å². The number of hydrogen-bond donors (Lipinski definition) is 0. The lowest BCUT2D eigenvalue weighted by Gasteiger charge is -2.11. The molecule has 3 nitrogen and oxygen atoms in total. The van der Waals surface area contributed by atoms with Crippen LogP contribution in [0.2, 0.25) is 0 Å². The van der Waals surface area contributed by atoms with Gasteiger partial charge in [0.15, 0.2) is 6.29 Å². The first-order chi connectivity index (χ1) is 10.6. The molecule has 0 aliphatic carbocycles. The molecule has 0 amide bonds. The van der Waals surface area contributed by atoms with Crippen molar-refractivity contribution in [3.8, 4) is 11.5 Å². The van der Waals surface area contributed by atoms with Gasteiger partial charge in [-0.2, -0.15) is 0 Å². The Morgan fingerprint density at radius 2 is 1.82 bits per heavy atom. The number of hydrogen-bond acceptors (Lipinski definition) is 3. The van der Waals surface area contributed by atoms with Gasteiger partial charge in [0.25, 0.3) is 0 Å². The zero-order chi connectivity index (χ0) is 16.1. The van der Waals surface area contributed by atoms with Crippen LogP contribution in [0.1, 0.15) is 21.5 Å². The molecule has 0 atom stereocenters.